The predicted octanol–water partition coefficient (Wildman–Crippen LogP) is 13.8. The molecule has 3 aromatic heterocycles. The summed E-state index contributed by atoms with van der Waals surface area (Å²) in [6.07, 6.45) is 0. The first kappa shape index (κ1) is 31.2. The Labute approximate surface area is 325 Å². The number of benzene rings is 9. The van der Waals surface area contributed by atoms with Crippen LogP contribution in [0, 0.1) is 0 Å². The lowest BCUT2D eigenvalue weighted by molar-refractivity contribution is 1.08. The molecular weight excluding hydrogens is 701 g/mol. The number of rotatable bonds is 4. The molecule has 9 aromatic carbocycles. The van der Waals surface area contributed by atoms with Crippen molar-refractivity contribution in [1.82, 2.24) is 19.5 Å². The van der Waals surface area contributed by atoms with E-state index in [2.05, 4.69) is 187 Å². The van der Waals surface area contributed by atoms with E-state index in [4.69, 9.17) is 15.0 Å². The molecule has 12 rings (SSSR count). The van der Waals surface area contributed by atoms with Crippen LogP contribution in [0.25, 0.3) is 114 Å². The standard InChI is InChI=1S/C51H30N4S/c1-2-15-33-29-46-43(28-32(33)14-1)38-20-7-9-25-45(38)55(46)35-27-34-16-4-6-19-37(34)44(30-35)51-53-49(41-23-11-17-31-13-3-5-18-36(31)41)52-50(54-51)42-24-12-22-40-39-21-8-10-26-47(39)56-48(40)42/h1-30H. The van der Waals surface area contributed by atoms with E-state index in [0.717, 1.165) is 55.0 Å². The van der Waals surface area contributed by atoms with E-state index in [1.807, 2.05) is 0 Å². The molecule has 0 unspecified atom stereocenters. The van der Waals surface area contributed by atoms with Crippen molar-refractivity contribution in [2.75, 3.05) is 0 Å². The summed E-state index contributed by atoms with van der Waals surface area (Å²) in [5.74, 6) is 1.95. The van der Waals surface area contributed by atoms with Crippen LogP contribution in [0.1, 0.15) is 0 Å². The minimum Gasteiger partial charge on any atom is -0.309 e. The quantitative estimate of drug-likeness (QED) is 0.181. The predicted molar refractivity (Wildman–Crippen MR) is 236 cm³/mol. The van der Waals surface area contributed by atoms with E-state index in [0.29, 0.717) is 17.5 Å². The highest BCUT2D eigenvalue weighted by molar-refractivity contribution is 7.26. The number of fused-ring (bicyclic) bond motifs is 9. The summed E-state index contributed by atoms with van der Waals surface area (Å²) in [4.78, 5) is 16.1. The topological polar surface area (TPSA) is 43.6 Å². The summed E-state index contributed by atoms with van der Waals surface area (Å²) >= 11 is 1.79. The van der Waals surface area contributed by atoms with Crippen LogP contribution >= 0.6 is 11.3 Å². The number of thiophene rings is 1. The smallest absolute Gasteiger partial charge is 0.165 e. The third-order valence-corrected chi connectivity index (χ3v) is 12.4. The zero-order chi connectivity index (χ0) is 36.7. The Balaban J connectivity index is 1.17. The molecule has 3 heterocycles. The van der Waals surface area contributed by atoms with Crippen molar-refractivity contribution in [3.63, 3.8) is 0 Å². The van der Waals surface area contributed by atoms with Crippen molar-refractivity contribution >= 4 is 85.6 Å². The van der Waals surface area contributed by atoms with Gasteiger partial charge in [-0.1, -0.05) is 140 Å². The van der Waals surface area contributed by atoms with Crippen molar-refractivity contribution in [1.29, 1.82) is 0 Å². The van der Waals surface area contributed by atoms with Gasteiger partial charge in [0.1, 0.15) is 0 Å². The van der Waals surface area contributed by atoms with E-state index in [-0.39, 0.29) is 0 Å². The third kappa shape index (κ3) is 4.75. The van der Waals surface area contributed by atoms with E-state index in [9.17, 15) is 0 Å². The summed E-state index contributed by atoms with van der Waals surface area (Å²) < 4.78 is 4.82. The van der Waals surface area contributed by atoms with Gasteiger partial charge in [-0.3, -0.25) is 0 Å². The summed E-state index contributed by atoms with van der Waals surface area (Å²) in [6.45, 7) is 0. The molecule has 260 valence electrons. The summed E-state index contributed by atoms with van der Waals surface area (Å²) in [5, 5.41) is 11.8. The average molecular weight is 731 g/mol. The van der Waals surface area contributed by atoms with Crippen molar-refractivity contribution in [2.45, 2.75) is 0 Å². The fourth-order valence-corrected chi connectivity index (χ4v) is 9.83. The zero-order valence-corrected chi connectivity index (χ0v) is 30.8. The molecule has 0 spiro atoms. The van der Waals surface area contributed by atoms with Crippen molar-refractivity contribution in [2.24, 2.45) is 0 Å². The molecule has 0 radical (unpaired) electrons. The lowest BCUT2D eigenvalue weighted by Crippen LogP contribution is -2.02. The number of hydrogen-bond donors (Lipinski definition) is 0. The Hall–Kier alpha value is -7.21. The first-order valence-electron chi connectivity index (χ1n) is 18.9. The molecule has 0 fully saturated rings. The fraction of sp³-hybridized carbons (Fsp3) is 0. The van der Waals surface area contributed by atoms with Gasteiger partial charge < -0.3 is 4.57 Å². The van der Waals surface area contributed by atoms with Gasteiger partial charge >= 0.3 is 0 Å². The Morgan fingerprint density at radius 2 is 0.893 bits per heavy atom. The maximum absolute atomic E-state index is 5.41. The van der Waals surface area contributed by atoms with Gasteiger partial charge in [0, 0.05) is 53.3 Å². The van der Waals surface area contributed by atoms with Crippen LogP contribution in [-0.4, -0.2) is 19.5 Å². The highest BCUT2D eigenvalue weighted by Crippen LogP contribution is 2.42. The molecular formula is C51H30N4S. The second kappa shape index (κ2) is 12.2. The Bertz CT molecular complexity index is 3550. The highest BCUT2D eigenvalue weighted by Gasteiger charge is 2.21. The largest absolute Gasteiger partial charge is 0.309 e. The van der Waals surface area contributed by atoms with Crippen LogP contribution < -0.4 is 0 Å². The molecule has 0 atom stereocenters. The fourth-order valence-electron chi connectivity index (χ4n) is 8.62. The van der Waals surface area contributed by atoms with E-state index in [1.54, 1.807) is 11.3 Å². The second-order valence-corrected chi connectivity index (χ2v) is 15.4. The summed E-state index contributed by atoms with van der Waals surface area (Å²) in [7, 11) is 0. The second-order valence-electron chi connectivity index (χ2n) is 14.4. The third-order valence-electron chi connectivity index (χ3n) is 11.2. The highest BCUT2D eigenvalue weighted by atomic mass is 32.1. The van der Waals surface area contributed by atoms with Crippen LogP contribution in [0.15, 0.2) is 182 Å². The van der Waals surface area contributed by atoms with E-state index < -0.39 is 0 Å². The maximum Gasteiger partial charge on any atom is 0.165 e. The molecule has 0 bridgehead atoms. The minimum absolute atomic E-state index is 0.639. The van der Waals surface area contributed by atoms with Gasteiger partial charge in [-0.05, 0) is 74.8 Å². The molecule has 5 heteroatoms. The molecule has 0 N–H and O–H groups in total. The molecule has 56 heavy (non-hydrogen) atoms. The van der Waals surface area contributed by atoms with Crippen LogP contribution in [0.3, 0.4) is 0 Å². The first-order valence-corrected chi connectivity index (χ1v) is 19.7. The van der Waals surface area contributed by atoms with Gasteiger partial charge in [0.2, 0.25) is 0 Å². The number of nitrogens with zero attached hydrogens (tertiary/aromatic N) is 4. The summed E-state index contributed by atoms with van der Waals surface area (Å²) in [5.41, 5.74) is 6.31. The van der Waals surface area contributed by atoms with Crippen LogP contribution in [-0.2, 0) is 0 Å². The van der Waals surface area contributed by atoms with Gasteiger partial charge in [0.15, 0.2) is 17.5 Å². The van der Waals surface area contributed by atoms with Crippen LogP contribution in [0.4, 0.5) is 0 Å². The van der Waals surface area contributed by atoms with Gasteiger partial charge in [-0.15, -0.1) is 11.3 Å². The van der Waals surface area contributed by atoms with Gasteiger partial charge in [-0.25, -0.2) is 15.0 Å². The zero-order valence-electron chi connectivity index (χ0n) is 30.0. The van der Waals surface area contributed by atoms with Crippen molar-refractivity contribution in [3.8, 4) is 39.9 Å². The summed E-state index contributed by atoms with van der Waals surface area (Å²) in [6, 6.07) is 65.0. The molecule has 0 aliphatic heterocycles. The van der Waals surface area contributed by atoms with Crippen LogP contribution in [0.5, 0.6) is 0 Å². The number of hydrogen-bond acceptors (Lipinski definition) is 4. The van der Waals surface area contributed by atoms with E-state index in [1.165, 1.54) is 41.7 Å². The minimum atomic E-state index is 0.639. The van der Waals surface area contributed by atoms with Crippen LogP contribution in [0.2, 0.25) is 0 Å². The molecule has 0 saturated heterocycles. The van der Waals surface area contributed by atoms with Gasteiger partial charge in [0.05, 0.1) is 11.0 Å². The normalized spacial score (nSPS) is 11.9. The maximum atomic E-state index is 5.41. The Morgan fingerprint density at radius 3 is 1.71 bits per heavy atom. The molecule has 0 aliphatic carbocycles. The molecule has 12 aromatic rings. The molecule has 0 saturated carbocycles. The lowest BCUT2D eigenvalue weighted by atomic mass is 10.0. The number of para-hydroxylation sites is 1. The first-order chi connectivity index (χ1) is 27.7. The van der Waals surface area contributed by atoms with Crippen molar-refractivity contribution in [3.05, 3.63) is 182 Å². The monoisotopic (exact) mass is 730 g/mol. The SMILES string of the molecule is c1ccc2cc3c(cc2c1)c1ccccc1n3-c1cc(-c2nc(-c3cccc4ccccc34)nc(-c3cccc4c3sc3ccccc34)n2)c2ccccc2c1. The van der Waals surface area contributed by atoms with E-state index >= 15 is 0 Å². The molecule has 4 nitrogen and oxygen atoms in total. The average Bonchev–Trinajstić information content (AvgIpc) is 3.80. The molecule has 0 aliphatic rings. The lowest BCUT2D eigenvalue weighted by Gasteiger charge is -2.15. The van der Waals surface area contributed by atoms with Crippen molar-refractivity contribution < 1.29 is 0 Å². The Morgan fingerprint density at radius 1 is 0.339 bits per heavy atom. The van der Waals surface area contributed by atoms with Gasteiger partial charge in [0.25, 0.3) is 0 Å². The molecule has 0 amide bonds. The van der Waals surface area contributed by atoms with Gasteiger partial charge in [-0.2, -0.15) is 0 Å². The Kier molecular flexibility index (Phi) is 6.76. The number of aromatic nitrogens is 4.